The fourth-order valence-electron chi connectivity index (χ4n) is 3.97. The maximum atomic E-state index is 5.15. The zero-order valence-electron chi connectivity index (χ0n) is 12.2. The minimum absolute atomic E-state index is 0. The number of fused-ring (bicyclic) bond motifs is 2. The van der Waals surface area contributed by atoms with Crippen LogP contribution < -0.4 is 0 Å². The summed E-state index contributed by atoms with van der Waals surface area (Å²) in [7, 11) is 0. The van der Waals surface area contributed by atoms with E-state index in [0.717, 1.165) is 5.92 Å². The molecule has 113 valence electrons. The molecule has 2 heteroatoms. The van der Waals surface area contributed by atoms with Gasteiger partial charge in [-0.3, -0.25) is 0 Å². The maximum Gasteiger partial charge on any atom is 0 e. The van der Waals surface area contributed by atoms with E-state index in [0.29, 0.717) is 12.1 Å². The summed E-state index contributed by atoms with van der Waals surface area (Å²) in [5.74, 6) is 0.875. The predicted molar refractivity (Wildman–Crippen MR) is 83.9 cm³/mol. The van der Waals surface area contributed by atoms with E-state index in [1.165, 1.54) is 54.9 Å². The largest absolute Gasteiger partial charge is 0.654 e. The number of hydrogen-bond donors (Lipinski definition) is 0. The monoisotopic (exact) mass is 456 g/mol. The van der Waals surface area contributed by atoms with Crippen molar-refractivity contribution >= 4 is 10.8 Å². The second-order valence-electron chi connectivity index (χ2n) is 6.37. The summed E-state index contributed by atoms with van der Waals surface area (Å²) in [6, 6.07) is 17.5. The first kappa shape index (κ1) is 15.2. The van der Waals surface area contributed by atoms with E-state index in [9.17, 15) is 0 Å². The standard InChI is InChI=1S/C19H21N.Ir/c1-2-7-16-13-17(10-9-14(16)5-1)19-12-11-15-6-3-4-8-18(15)20-19;/h1-2,5,7,9,13,15,18-19H,3-4,6,8,11-12H2;/q-2;. The molecular formula is C19H21IrN-2. The van der Waals surface area contributed by atoms with Crippen LogP contribution in [0.2, 0.25) is 0 Å². The molecule has 1 radical (unpaired) electrons. The van der Waals surface area contributed by atoms with Gasteiger partial charge >= 0.3 is 0 Å². The van der Waals surface area contributed by atoms with E-state index >= 15 is 0 Å². The molecule has 3 atom stereocenters. The summed E-state index contributed by atoms with van der Waals surface area (Å²) in [5, 5.41) is 7.75. The number of nitrogens with zero attached hydrogens (tertiary/aromatic N) is 1. The van der Waals surface area contributed by atoms with E-state index in [-0.39, 0.29) is 20.1 Å². The molecule has 0 N–H and O–H groups in total. The molecule has 4 rings (SSSR count). The van der Waals surface area contributed by atoms with Gasteiger partial charge in [0, 0.05) is 20.1 Å². The first-order valence-corrected chi connectivity index (χ1v) is 8.00. The van der Waals surface area contributed by atoms with Gasteiger partial charge in [-0.25, -0.2) is 0 Å². The van der Waals surface area contributed by atoms with Gasteiger partial charge in [0.2, 0.25) is 0 Å². The van der Waals surface area contributed by atoms with Crippen LogP contribution >= 0.6 is 0 Å². The van der Waals surface area contributed by atoms with Crippen LogP contribution in [-0.2, 0) is 20.1 Å². The molecule has 2 fully saturated rings. The Morgan fingerprint density at radius 1 is 0.952 bits per heavy atom. The van der Waals surface area contributed by atoms with Crippen molar-refractivity contribution in [1.82, 2.24) is 0 Å². The molecule has 1 saturated carbocycles. The predicted octanol–water partition coefficient (Wildman–Crippen LogP) is 5.40. The van der Waals surface area contributed by atoms with Gasteiger partial charge < -0.3 is 5.32 Å². The Morgan fingerprint density at radius 2 is 1.76 bits per heavy atom. The smallest absolute Gasteiger partial charge is 0 e. The number of benzene rings is 2. The molecule has 21 heavy (non-hydrogen) atoms. The van der Waals surface area contributed by atoms with Gasteiger partial charge in [0.15, 0.2) is 0 Å². The van der Waals surface area contributed by atoms with Crippen LogP contribution in [0.4, 0.5) is 0 Å². The zero-order valence-corrected chi connectivity index (χ0v) is 14.6. The Hall–Kier alpha value is -0.691. The van der Waals surface area contributed by atoms with E-state index < -0.39 is 0 Å². The molecule has 1 saturated heterocycles. The minimum Gasteiger partial charge on any atom is -0.654 e. The molecule has 3 unspecified atom stereocenters. The van der Waals surface area contributed by atoms with Crippen molar-refractivity contribution in [3.63, 3.8) is 0 Å². The van der Waals surface area contributed by atoms with E-state index in [4.69, 9.17) is 5.32 Å². The molecule has 0 aromatic heterocycles. The van der Waals surface area contributed by atoms with Crippen molar-refractivity contribution in [2.45, 2.75) is 50.6 Å². The molecule has 0 spiro atoms. The van der Waals surface area contributed by atoms with Crippen molar-refractivity contribution < 1.29 is 20.1 Å². The van der Waals surface area contributed by atoms with Crippen LogP contribution in [0.1, 0.15) is 50.1 Å². The minimum atomic E-state index is 0. The molecule has 1 aliphatic carbocycles. The average Bonchev–Trinajstić information content (AvgIpc) is 2.54. The van der Waals surface area contributed by atoms with Gasteiger partial charge in [-0.1, -0.05) is 62.6 Å². The molecule has 2 aromatic rings. The van der Waals surface area contributed by atoms with Crippen LogP contribution in [0.3, 0.4) is 0 Å². The van der Waals surface area contributed by atoms with Crippen molar-refractivity contribution in [2.24, 2.45) is 5.92 Å². The van der Waals surface area contributed by atoms with E-state index in [1.807, 2.05) is 0 Å². The van der Waals surface area contributed by atoms with Gasteiger partial charge in [0.05, 0.1) is 0 Å². The maximum absolute atomic E-state index is 5.15. The molecule has 2 aliphatic rings. The van der Waals surface area contributed by atoms with Crippen molar-refractivity contribution in [2.75, 3.05) is 0 Å². The van der Waals surface area contributed by atoms with E-state index in [1.54, 1.807) is 0 Å². The molecular weight excluding hydrogens is 434 g/mol. The van der Waals surface area contributed by atoms with Crippen LogP contribution in [0.5, 0.6) is 0 Å². The Balaban J connectivity index is 0.00000132. The Kier molecular flexibility index (Phi) is 4.78. The summed E-state index contributed by atoms with van der Waals surface area (Å²) in [5.41, 5.74) is 1.30. The zero-order chi connectivity index (χ0) is 13.4. The normalized spacial score (nSPS) is 28.7. The second-order valence-corrected chi connectivity index (χ2v) is 6.37. The third kappa shape index (κ3) is 3.08. The number of rotatable bonds is 1. The molecule has 0 bridgehead atoms. The van der Waals surface area contributed by atoms with Crippen molar-refractivity contribution in [3.8, 4) is 0 Å². The van der Waals surface area contributed by atoms with Crippen LogP contribution in [-0.4, -0.2) is 6.04 Å². The molecule has 0 amide bonds. The van der Waals surface area contributed by atoms with Crippen LogP contribution in [0.25, 0.3) is 16.1 Å². The fourth-order valence-corrected chi connectivity index (χ4v) is 3.97. The summed E-state index contributed by atoms with van der Waals surface area (Å²) in [6.07, 6.45) is 8.09. The topological polar surface area (TPSA) is 14.1 Å². The van der Waals surface area contributed by atoms with Crippen LogP contribution in [0.15, 0.2) is 36.4 Å². The third-order valence-corrected chi connectivity index (χ3v) is 5.11. The molecule has 1 nitrogen and oxygen atoms in total. The molecule has 2 aromatic carbocycles. The number of hydrogen-bond acceptors (Lipinski definition) is 0. The van der Waals surface area contributed by atoms with Gasteiger partial charge in [-0.2, -0.15) is 23.8 Å². The quantitative estimate of drug-likeness (QED) is 0.511. The van der Waals surface area contributed by atoms with Gasteiger partial charge in [-0.05, 0) is 0 Å². The summed E-state index contributed by atoms with van der Waals surface area (Å²) in [6.45, 7) is 0. The first-order valence-electron chi connectivity index (χ1n) is 8.00. The van der Waals surface area contributed by atoms with Crippen LogP contribution in [0, 0.1) is 12.0 Å². The van der Waals surface area contributed by atoms with Gasteiger partial charge in [0.25, 0.3) is 0 Å². The second kappa shape index (κ2) is 6.60. The Labute approximate surface area is 140 Å². The number of piperidine rings is 1. The first-order chi connectivity index (χ1) is 9.90. The summed E-state index contributed by atoms with van der Waals surface area (Å²) >= 11 is 0. The molecule has 1 aliphatic heterocycles. The van der Waals surface area contributed by atoms with Gasteiger partial charge in [0.1, 0.15) is 0 Å². The van der Waals surface area contributed by atoms with Crippen molar-refractivity contribution in [3.05, 3.63) is 53.3 Å². The van der Waals surface area contributed by atoms with Gasteiger partial charge in [-0.15, -0.1) is 28.9 Å². The molecule has 1 heterocycles. The fraction of sp³-hybridized carbons (Fsp3) is 0.474. The Morgan fingerprint density at radius 3 is 2.67 bits per heavy atom. The average molecular weight is 456 g/mol. The Bertz CT molecular complexity index is 609. The summed E-state index contributed by atoms with van der Waals surface area (Å²) in [4.78, 5) is 0. The third-order valence-electron chi connectivity index (χ3n) is 5.11. The van der Waals surface area contributed by atoms with Crippen molar-refractivity contribution in [1.29, 1.82) is 0 Å². The SMILES string of the molecule is [Ir].[c-]1cc2ccccc2cc1C1CCC2CCCCC2[N-]1. The van der Waals surface area contributed by atoms with E-state index in [2.05, 4.69) is 42.5 Å². The summed E-state index contributed by atoms with van der Waals surface area (Å²) < 4.78 is 0.